The fourth-order valence-electron chi connectivity index (χ4n) is 8.66. The van der Waals surface area contributed by atoms with Crippen LogP contribution in [-0.4, -0.2) is 26.2 Å². The molecule has 0 radical (unpaired) electrons. The molecule has 6 atom stereocenters. The molecule has 1 aromatic carbocycles. The Morgan fingerprint density at radius 1 is 1.03 bits per heavy atom. The van der Waals surface area contributed by atoms with E-state index < -0.39 is 10.1 Å². The monoisotopic (exact) mass is 512 g/mol. The Bertz CT molecular complexity index is 1190. The van der Waals surface area contributed by atoms with Crippen LogP contribution in [0.2, 0.25) is 0 Å². The number of hydrogen-bond donors (Lipinski definition) is 1. The van der Waals surface area contributed by atoms with E-state index in [0.717, 1.165) is 50.5 Å². The molecular weight excluding hydrogens is 468 g/mol. The molecule has 0 aromatic heterocycles. The zero-order chi connectivity index (χ0) is 26.1. The summed E-state index contributed by atoms with van der Waals surface area (Å²) in [5, 5.41) is 10.8. The van der Waals surface area contributed by atoms with Crippen LogP contribution in [-0.2, 0) is 14.3 Å². The number of aryl methyl sites for hydroxylation is 1. The zero-order valence-corrected chi connectivity index (χ0v) is 23.7. The second kappa shape index (κ2) is 8.81. The second-order valence-corrected chi connectivity index (χ2v) is 14.9. The van der Waals surface area contributed by atoms with Crippen molar-refractivity contribution in [1.82, 2.24) is 0 Å². The molecular formula is C31H44O4S. The molecule has 1 saturated carbocycles. The van der Waals surface area contributed by atoms with E-state index in [0.29, 0.717) is 11.8 Å². The van der Waals surface area contributed by atoms with Crippen molar-refractivity contribution < 1.29 is 17.7 Å². The molecule has 1 N–H and O–H groups in total. The van der Waals surface area contributed by atoms with Gasteiger partial charge in [0.05, 0.1) is 17.6 Å². The highest BCUT2D eigenvalue weighted by molar-refractivity contribution is 7.86. The summed E-state index contributed by atoms with van der Waals surface area (Å²) >= 11 is 0. The second-order valence-electron chi connectivity index (χ2n) is 13.2. The minimum atomic E-state index is -3.75. The number of fused-ring (bicyclic) bond motifs is 4. The Morgan fingerprint density at radius 2 is 1.72 bits per heavy atom. The fraction of sp³-hybridized carbons (Fsp3) is 0.677. The van der Waals surface area contributed by atoms with Gasteiger partial charge in [0.2, 0.25) is 0 Å². The van der Waals surface area contributed by atoms with E-state index in [9.17, 15) is 13.5 Å². The van der Waals surface area contributed by atoms with Crippen LogP contribution in [0.15, 0.2) is 52.0 Å². The van der Waals surface area contributed by atoms with E-state index in [1.165, 1.54) is 5.57 Å². The third-order valence-electron chi connectivity index (χ3n) is 10.9. The zero-order valence-electron chi connectivity index (χ0n) is 22.9. The maximum absolute atomic E-state index is 12.8. The van der Waals surface area contributed by atoms with Crippen molar-refractivity contribution in [2.75, 3.05) is 6.61 Å². The van der Waals surface area contributed by atoms with Gasteiger partial charge >= 0.3 is 0 Å². The molecule has 198 valence electrons. The molecule has 4 aliphatic carbocycles. The molecule has 36 heavy (non-hydrogen) atoms. The van der Waals surface area contributed by atoms with Crippen molar-refractivity contribution in [1.29, 1.82) is 0 Å². The first-order valence-corrected chi connectivity index (χ1v) is 15.3. The Kier molecular flexibility index (Phi) is 6.41. The van der Waals surface area contributed by atoms with E-state index in [1.54, 1.807) is 23.3 Å². The Morgan fingerprint density at radius 3 is 2.42 bits per heavy atom. The summed E-state index contributed by atoms with van der Waals surface area (Å²) in [5.74, 6) is 1.04. The van der Waals surface area contributed by atoms with Crippen molar-refractivity contribution in [3.05, 3.63) is 52.6 Å². The Labute approximate surface area is 218 Å². The third-order valence-corrected chi connectivity index (χ3v) is 12.2. The fourth-order valence-corrected chi connectivity index (χ4v) is 9.66. The molecule has 0 amide bonds. The maximum atomic E-state index is 12.8. The lowest BCUT2D eigenvalue weighted by atomic mass is 9.46. The highest BCUT2D eigenvalue weighted by Crippen LogP contribution is 2.66. The van der Waals surface area contributed by atoms with E-state index >= 15 is 0 Å². The first-order valence-electron chi connectivity index (χ1n) is 13.9. The van der Waals surface area contributed by atoms with Crippen LogP contribution in [0, 0.1) is 40.9 Å². The minimum absolute atomic E-state index is 0.0479. The minimum Gasteiger partial charge on any atom is -0.393 e. The molecule has 1 unspecified atom stereocenters. The summed E-state index contributed by atoms with van der Waals surface area (Å²) in [6, 6.07) is 6.88. The summed E-state index contributed by atoms with van der Waals surface area (Å²) < 4.78 is 31.2. The van der Waals surface area contributed by atoms with Gasteiger partial charge in [-0.15, -0.1) is 0 Å². The lowest BCUT2D eigenvalue weighted by Crippen LogP contribution is -2.53. The van der Waals surface area contributed by atoms with Crippen LogP contribution in [0.25, 0.3) is 0 Å². The summed E-state index contributed by atoms with van der Waals surface area (Å²) in [7, 11) is -3.75. The smallest absolute Gasteiger partial charge is 0.296 e. The molecule has 0 spiro atoms. The number of aliphatic hydroxyl groups excluding tert-OH is 1. The number of allylic oxidation sites excluding steroid dienone is 4. The molecule has 4 aliphatic rings. The number of benzene rings is 1. The van der Waals surface area contributed by atoms with Gasteiger partial charge in [0.15, 0.2) is 0 Å². The predicted octanol–water partition coefficient (Wildman–Crippen LogP) is 6.98. The van der Waals surface area contributed by atoms with Gasteiger partial charge in [-0.3, -0.25) is 4.18 Å². The molecule has 5 rings (SSSR count). The van der Waals surface area contributed by atoms with Crippen molar-refractivity contribution in [2.24, 2.45) is 34.0 Å². The van der Waals surface area contributed by atoms with Crippen molar-refractivity contribution in [3.8, 4) is 0 Å². The van der Waals surface area contributed by atoms with Crippen molar-refractivity contribution in [3.63, 3.8) is 0 Å². The van der Waals surface area contributed by atoms with E-state index in [1.807, 2.05) is 19.1 Å². The summed E-state index contributed by atoms with van der Waals surface area (Å²) in [6.45, 7) is 13.8. The maximum Gasteiger partial charge on any atom is 0.296 e. The van der Waals surface area contributed by atoms with Gasteiger partial charge < -0.3 is 5.11 Å². The molecule has 0 saturated heterocycles. The lowest BCUT2D eigenvalue weighted by Gasteiger charge is -2.59. The van der Waals surface area contributed by atoms with Crippen molar-refractivity contribution in [2.45, 2.75) is 97.5 Å². The topological polar surface area (TPSA) is 63.6 Å². The van der Waals surface area contributed by atoms with Gasteiger partial charge in [-0.05, 0) is 109 Å². The predicted molar refractivity (Wildman–Crippen MR) is 144 cm³/mol. The van der Waals surface area contributed by atoms with Gasteiger partial charge in [0.1, 0.15) is 0 Å². The Hall–Kier alpha value is -1.43. The van der Waals surface area contributed by atoms with Crippen LogP contribution >= 0.6 is 0 Å². The molecule has 4 nitrogen and oxygen atoms in total. The molecule has 0 heterocycles. The summed E-state index contributed by atoms with van der Waals surface area (Å²) in [4.78, 5) is 0.231. The third kappa shape index (κ3) is 3.96. The van der Waals surface area contributed by atoms with Gasteiger partial charge in [0.25, 0.3) is 10.1 Å². The van der Waals surface area contributed by atoms with Gasteiger partial charge in [-0.2, -0.15) is 8.42 Å². The standard InChI is InChI=1S/C31H44O4S/c1-20-7-9-22(10-8-20)36(33,34)35-19-21(2)24-12-13-25-23-11-14-27-29(3,4)28(32)16-18-31(27,6)26(23)15-17-30(24,25)5/h7-10,13,21,24,27-28,32H,11-12,14-19H2,1-6H3/t21-,24-,27?,28+,30-,31-/m1/s1. The van der Waals surface area contributed by atoms with Gasteiger partial charge in [-0.25, -0.2) is 0 Å². The number of aliphatic hydroxyl groups is 1. The highest BCUT2D eigenvalue weighted by atomic mass is 32.2. The van der Waals surface area contributed by atoms with Gasteiger partial charge in [0, 0.05) is 0 Å². The van der Waals surface area contributed by atoms with Crippen LogP contribution in [0.5, 0.6) is 0 Å². The quantitative estimate of drug-likeness (QED) is 0.433. The van der Waals surface area contributed by atoms with E-state index in [2.05, 4.69) is 40.7 Å². The molecule has 1 fully saturated rings. The summed E-state index contributed by atoms with van der Waals surface area (Å²) in [5.41, 5.74) is 6.02. The number of rotatable bonds is 5. The molecule has 1 aromatic rings. The molecule has 5 heteroatoms. The summed E-state index contributed by atoms with van der Waals surface area (Å²) in [6.07, 6.45) is 9.70. The SMILES string of the molecule is Cc1ccc(S(=O)(=O)OC[C@@H](C)[C@H]2CC=C3C4=C(CC[C@@]32C)[C@@]2(C)CC[C@H](O)C(C)(C)C2CC4)cc1. The van der Waals surface area contributed by atoms with Crippen LogP contribution < -0.4 is 0 Å². The van der Waals surface area contributed by atoms with Crippen LogP contribution in [0.1, 0.15) is 85.1 Å². The van der Waals surface area contributed by atoms with E-state index in [4.69, 9.17) is 4.18 Å². The van der Waals surface area contributed by atoms with E-state index in [-0.39, 0.29) is 39.8 Å². The van der Waals surface area contributed by atoms with Gasteiger partial charge in [-0.1, -0.05) is 64.0 Å². The average Bonchev–Trinajstić information content (AvgIpc) is 3.18. The number of hydrogen-bond acceptors (Lipinski definition) is 4. The Balaban J connectivity index is 1.34. The average molecular weight is 513 g/mol. The first-order chi connectivity index (χ1) is 16.8. The molecule has 0 aliphatic heterocycles. The lowest BCUT2D eigenvalue weighted by molar-refractivity contribution is -0.0905. The largest absolute Gasteiger partial charge is 0.393 e. The van der Waals surface area contributed by atoms with Crippen molar-refractivity contribution >= 4 is 10.1 Å². The van der Waals surface area contributed by atoms with Crippen LogP contribution in [0.4, 0.5) is 0 Å². The van der Waals surface area contributed by atoms with Crippen LogP contribution in [0.3, 0.4) is 0 Å². The molecule has 0 bridgehead atoms. The first kappa shape index (κ1) is 26.2. The highest BCUT2D eigenvalue weighted by Gasteiger charge is 2.57. The normalized spacial score (nSPS) is 36.5.